The Morgan fingerprint density at radius 2 is 0.557 bits per heavy atom. The van der Waals surface area contributed by atoms with Gasteiger partial charge < -0.3 is 104 Å². The van der Waals surface area contributed by atoms with Crippen molar-refractivity contribution in [2.75, 3.05) is 253 Å². The molecule has 27 nitrogen and oxygen atoms in total. The maximum atomic E-state index is 12.6. The number of fused-ring (bicyclic) bond motifs is 8. The van der Waals surface area contributed by atoms with Gasteiger partial charge >= 0.3 is 0 Å². The average Bonchev–Trinajstić information content (AvgIpc) is 0.778. The van der Waals surface area contributed by atoms with Gasteiger partial charge in [-0.3, -0.25) is 29.0 Å². The van der Waals surface area contributed by atoms with Crippen LogP contribution in [-0.2, 0) is 42.6 Å². The third-order valence-corrected chi connectivity index (χ3v) is 35.7. The Kier molecular flexibility index (Phi) is 33.7. The minimum Gasteiger partial charge on any atom is -0.399 e. The van der Waals surface area contributed by atoms with Gasteiger partial charge in [0.25, 0.3) is 0 Å². The molecule has 6 fully saturated rings. The van der Waals surface area contributed by atoms with Crippen molar-refractivity contribution in [2.45, 2.75) is 110 Å². The number of nitrogens with zero attached hydrogens (tertiary/aromatic N) is 6. The van der Waals surface area contributed by atoms with Crippen molar-refractivity contribution in [3.05, 3.63) is 236 Å². The van der Waals surface area contributed by atoms with E-state index in [1.165, 1.54) is 78.3 Å². The van der Waals surface area contributed by atoms with Crippen LogP contribution in [-0.4, -0.2) is 260 Å². The number of pyridine rings is 4. The molecule has 9 N–H and O–H groups in total. The predicted octanol–water partition coefficient (Wildman–Crippen LogP) is 17.9. The van der Waals surface area contributed by atoms with Gasteiger partial charge in [0.05, 0.1) is 134 Å². The third-order valence-electron chi connectivity index (χ3n) is 25.3. The van der Waals surface area contributed by atoms with Crippen molar-refractivity contribution in [3.63, 3.8) is 0 Å². The monoisotopic (exact) mass is 2040 g/mol. The summed E-state index contributed by atoms with van der Waals surface area (Å²) in [7, 11) is 5.25. The predicted molar refractivity (Wildman–Crippen MR) is 568 cm³/mol. The molecule has 10 aliphatic heterocycles. The number of nitrogens with two attached hydrogens (primary N) is 1. The van der Waals surface area contributed by atoms with Crippen molar-refractivity contribution >= 4 is 140 Å². The minimum absolute atomic E-state index is 0.0808. The topological polar surface area (TPSA) is 296 Å². The van der Waals surface area contributed by atoms with Crippen LogP contribution in [0.3, 0.4) is 0 Å². The summed E-state index contributed by atoms with van der Waals surface area (Å²) in [6.07, 6.45) is 1.00. The zero-order valence-electron chi connectivity index (χ0n) is 78.8. The van der Waals surface area contributed by atoms with E-state index in [1.807, 2.05) is 18.2 Å². The molecule has 3 unspecified atom stereocenters. The molecule has 6 saturated heterocycles. The van der Waals surface area contributed by atoms with Gasteiger partial charge in [0.15, 0.2) is 0 Å². The molecule has 0 spiro atoms. The number of aromatic nitrogens is 4. The molecular weight excluding hydrogens is 1920 g/mol. The molecule has 140 heavy (non-hydrogen) atoms. The van der Waals surface area contributed by atoms with Crippen LogP contribution < -0.4 is 63.5 Å². The van der Waals surface area contributed by atoms with Gasteiger partial charge in [-0.25, -0.2) is 0 Å². The van der Waals surface area contributed by atoms with E-state index in [0.29, 0.717) is 78.7 Å². The number of anilines is 8. The molecular formula is C105H116N14O13S8. The van der Waals surface area contributed by atoms with E-state index in [2.05, 4.69) is 224 Å². The number of morpholine rings is 6. The molecule has 22 rings (SSSR count). The van der Waals surface area contributed by atoms with E-state index in [4.69, 9.17) is 48.4 Å². The first-order valence-electron chi connectivity index (χ1n) is 47.6. The number of H-pyrrole nitrogens is 4. The Labute approximate surface area is 849 Å². The highest BCUT2D eigenvalue weighted by atomic mass is 32.2. The quantitative estimate of drug-likeness (QED) is 0.0247. The maximum absolute atomic E-state index is 12.6. The Morgan fingerprint density at radius 3 is 0.836 bits per heavy atom. The van der Waals surface area contributed by atoms with Crippen molar-refractivity contribution in [2.24, 2.45) is 0 Å². The number of benzene rings is 8. The SMILES string of the molecule is CCC(COC)Nc1ccc2c(c1)Sc1cccc(-c3cc(N4CCOCC4)cc(=O)[nH]3)c1S2.COCC(CN1CCOCC1)Nc1ccc2c(c1)Sc1cccc(-c3cc(N4CCOCC4)cc(=O)[nH]3)c1S2.COCC(CN1CCOCC1)Nc1ccc2c(c1)Sc1cccc(-c3cc(N4CCOCC4)cc(=O)[nH]3)c1S2.Nc1ccc2c(c1)Sc1cccc(-c3cc(N4CCOCC4)cc(=O)[nH]3)c1S2. The van der Waals surface area contributed by atoms with E-state index >= 15 is 0 Å². The molecule has 3 atom stereocenters. The number of hydrogen-bond donors (Lipinski definition) is 8. The first kappa shape index (κ1) is 99.1. The molecule has 4 aromatic heterocycles. The lowest BCUT2D eigenvalue weighted by atomic mass is 10.1. The van der Waals surface area contributed by atoms with Gasteiger partial charge in [-0.05, 0) is 128 Å². The second-order valence-corrected chi connectivity index (χ2v) is 43.6. The molecule has 12 aromatic rings. The first-order chi connectivity index (χ1) is 68.6. The molecule has 14 heterocycles. The zero-order chi connectivity index (χ0) is 95.8. The third kappa shape index (κ3) is 24.9. The highest BCUT2D eigenvalue weighted by Crippen LogP contribution is 2.57. The van der Waals surface area contributed by atoms with Gasteiger partial charge in [-0.1, -0.05) is 150 Å². The summed E-state index contributed by atoms with van der Waals surface area (Å²) >= 11 is 14.1. The number of rotatable bonds is 25. The Hall–Kier alpha value is -9.68. The van der Waals surface area contributed by atoms with Crippen LogP contribution in [0.4, 0.5) is 45.5 Å². The molecule has 0 bridgehead atoms. The highest BCUT2D eigenvalue weighted by molar-refractivity contribution is 8.06. The number of nitrogen functional groups attached to an aromatic ring is 1. The molecule has 732 valence electrons. The summed E-state index contributed by atoms with van der Waals surface area (Å²) in [6.45, 7) is 24.8. The van der Waals surface area contributed by atoms with E-state index < -0.39 is 0 Å². The Bertz CT molecular complexity index is 6390. The summed E-state index contributed by atoms with van der Waals surface area (Å²) in [4.78, 5) is 95.4. The van der Waals surface area contributed by atoms with Crippen LogP contribution >= 0.6 is 94.1 Å². The normalized spacial score (nSPS) is 17.3. The van der Waals surface area contributed by atoms with E-state index in [9.17, 15) is 19.2 Å². The molecule has 0 radical (unpaired) electrons. The van der Waals surface area contributed by atoms with Crippen LogP contribution in [0.2, 0.25) is 0 Å². The average molecular weight is 2040 g/mol. The van der Waals surface area contributed by atoms with Crippen LogP contribution in [0.1, 0.15) is 13.3 Å². The lowest BCUT2D eigenvalue weighted by Crippen LogP contribution is -2.44. The van der Waals surface area contributed by atoms with Crippen molar-refractivity contribution < 1.29 is 42.6 Å². The molecule has 0 amide bonds. The van der Waals surface area contributed by atoms with Gasteiger partial charge in [-0.2, -0.15) is 0 Å². The second-order valence-electron chi connectivity index (χ2n) is 35.0. The molecule has 0 saturated carbocycles. The minimum atomic E-state index is -0.0850. The maximum Gasteiger partial charge on any atom is 0.250 e. The van der Waals surface area contributed by atoms with Crippen LogP contribution in [0, 0.1) is 0 Å². The second kappa shape index (κ2) is 47.7. The molecule has 10 aliphatic rings. The summed E-state index contributed by atoms with van der Waals surface area (Å²) in [5, 5.41) is 11.0. The molecule has 35 heteroatoms. The van der Waals surface area contributed by atoms with Crippen molar-refractivity contribution in [1.29, 1.82) is 0 Å². The van der Waals surface area contributed by atoms with Crippen LogP contribution in [0.15, 0.2) is 292 Å². The Morgan fingerprint density at radius 1 is 0.300 bits per heavy atom. The van der Waals surface area contributed by atoms with Gasteiger partial charge in [0, 0.05) is 289 Å². The van der Waals surface area contributed by atoms with Crippen molar-refractivity contribution in [1.82, 2.24) is 29.7 Å². The number of methoxy groups -OCH3 is 3. The fourth-order valence-corrected chi connectivity index (χ4v) is 28.0. The van der Waals surface area contributed by atoms with E-state index in [1.54, 1.807) is 140 Å². The fraction of sp³-hybridized carbons (Fsp3) is 0.352. The van der Waals surface area contributed by atoms with Crippen LogP contribution in [0.5, 0.6) is 0 Å². The largest absolute Gasteiger partial charge is 0.399 e. The summed E-state index contributed by atoms with van der Waals surface area (Å²) in [5.41, 5.74) is 21.1. The van der Waals surface area contributed by atoms with Crippen LogP contribution in [0.25, 0.3) is 45.0 Å². The van der Waals surface area contributed by atoms with Crippen molar-refractivity contribution in [3.8, 4) is 45.0 Å². The Balaban J connectivity index is 0.000000120. The van der Waals surface area contributed by atoms with E-state index in [0.717, 1.165) is 215 Å². The van der Waals surface area contributed by atoms with Gasteiger partial charge in [0.2, 0.25) is 22.2 Å². The van der Waals surface area contributed by atoms with E-state index in [-0.39, 0.29) is 34.3 Å². The smallest absolute Gasteiger partial charge is 0.250 e. The number of nitrogens with one attached hydrogen (secondary N) is 7. The molecule has 8 aromatic carbocycles. The fourth-order valence-electron chi connectivity index (χ4n) is 18.3. The summed E-state index contributed by atoms with van der Waals surface area (Å²) < 4.78 is 49.3. The summed E-state index contributed by atoms with van der Waals surface area (Å²) in [5.74, 6) is 0. The highest BCUT2D eigenvalue weighted by Gasteiger charge is 2.31. The number of aromatic amines is 4. The zero-order valence-corrected chi connectivity index (χ0v) is 85.3. The van der Waals surface area contributed by atoms with Gasteiger partial charge in [0.1, 0.15) is 0 Å². The van der Waals surface area contributed by atoms with Gasteiger partial charge in [-0.15, -0.1) is 0 Å². The lowest BCUT2D eigenvalue weighted by molar-refractivity contribution is 0.0319. The first-order valence-corrected chi connectivity index (χ1v) is 54.1. The number of hydrogen-bond acceptors (Lipinski definition) is 31. The number of ether oxygens (including phenoxy) is 9. The lowest BCUT2D eigenvalue weighted by Gasteiger charge is -2.31. The summed E-state index contributed by atoms with van der Waals surface area (Å²) in [6, 6.07) is 66.7. The molecule has 0 aliphatic carbocycles. The standard InChI is InChI=1S/2C29H34N4O4S2.C26H29N3O3S2.C21H19N3O2S2/c2*1-35-19-21(18-32-7-11-36-12-8-32)30-20-5-6-25-27(15-20)38-26-4-2-3-23(29(26)39-25)24-16-22(17-28(34)31-24)33-9-13-37-14-10-33;1-3-17(16-31-2)27-18-7-8-22-24(13-18)33-23-6-4-5-20(26(23)34-22)21-14-19(15-25(30)28-21)29-9-11-32-12-10-29;22-13-4-5-17-19(10-13)27-18-3-1-2-15(21(18)28-17)16-11-14(12-20(25)23-16)24-6-8-26-9-7-24/h2*2-6,15-17,21,30H,7-14,18-19H2,1H3,(H,31,34);4-8,13-15,17,27H,3,9-12,16H2,1-2H3,(H,28,30);1-5,10-12H,6-9,22H2,(H,23,25).